The first kappa shape index (κ1) is 16.7. The third-order valence-corrected chi connectivity index (χ3v) is 9.61. The summed E-state index contributed by atoms with van der Waals surface area (Å²) in [6, 6.07) is -0.00714. The molecule has 1 aliphatic carbocycles. The molecule has 0 amide bonds. The van der Waals surface area contributed by atoms with Crippen molar-refractivity contribution >= 4 is 35.8 Å². The largest absolute Gasteiger partial charge is 0.229 e. The van der Waals surface area contributed by atoms with E-state index in [1.54, 1.807) is 7.05 Å². The van der Waals surface area contributed by atoms with Crippen LogP contribution >= 0.6 is 15.9 Å². The standard InChI is InChI=1S/C12H22BrNO4S2/c1-14(12-5-3-2-4-11(12)13)20(17,18)10-6-8-19(15,16)9-7-10/h10-12H,2-9H2,1H3. The summed E-state index contributed by atoms with van der Waals surface area (Å²) >= 11 is 3.59. The molecule has 1 aliphatic heterocycles. The second-order valence-corrected chi connectivity index (χ2v) is 11.5. The van der Waals surface area contributed by atoms with Crippen molar-refractivity contribution in [2.45, 2.75) is 54.6 Å². The van der Waals surface area contributed by atoms with Crippen molar-refractivity contribution in [2.24, 2.45) is 0 Å². The molecule has 5 nitrogen and oxygen atoms in total. The molecule has 2 aliphatic rings. The molecule has 0 N–H and O–H groups in total. The number of alkyl halides is 1. The molecule has 1 heterocycles. The maximum Gasteiger partial charge on any atom is 0.217 e. The van der Waals surface area contributed by atoms with Gasteiger partial charge in [0.15, 0.2) is 0 Å². The minimum absolute atomic E-state index is 0.00680. The van der Waals surface area contributed by atoms with Crippen molar-refractivity contribution in [3.8, 4) is 0 Å². The minimum atomic E-state index is -3.41. The number of rotatable bonds is 3. The fraction of sp³-hybridized carbons (Fsp3) is 1.00. The van der Waals surface area contributed by atoms with Crippen LogP contribution < -0.4 is 0 Å². The van der Waals surface area contributed by atoms with Gasteiger partial charge in [-0.1, -0.05) is 28.8 Å². The second kappa shape index (κ2) is 6.22. The first-order chi connectivity index (χ1) is 9.24. The molecule has 2 atom stereocenters. The molecular weight excluding hydrogens is 366 g/mol. The number of halogens is 1. The van der Waals surface area contributed by atoms with E-state index in [-0.39, 0.29) is 35.2 Å². The minimum Gasteiger partial charge on any atom is -0.229 e. The summed E-state index contributed by atoms with van der Waals surface area (Å²) in [4.78, 5) is 0.198. The number of nitrogens with zero attached hydrogens (tertiary/aromatic N) is 1. The molecule has 1 saturated heterocycles. The van der Waals surface area contributed by atoms with Crippen LogP contribution in [0.4, 0.5) is 0 Å². The monoisotopic (exact) mass is 387 g/mol. The topological polar surface area (TPSA) is 71.5 Å². The summed E-state index contributed by atoms with van der Waals surface area (Å²) < 4.78 is 49.7. The Balaban J connectivity index is 2.09. The van der Waals surface area contributed by atoms with E-state index >= 15 is 0 Å². The second-order valence-electron chi connectivity index (χ2n) is 5.78. The van der Waals surface area contributed by atoms with Crippen LogP contribution in [0, 0.1) is 0 Å². The molecule has 2 fully saturated rings. The van der Waals surface area contributed by atoms with Crippen LogP contribution in [-0.2, 0) is 19.9 Å². The summed E-state index contributed by atoms with van der Waals surface area (Å²) in [5, 5.41) is -0.544. The van der Waals surface area contributed by atoms with Crippen LogP contribution in [-0.4, -0.2) is 55.8 Å². The molecule has 0 aromatic heterocycles. The molecule has 2 unspecified atom stereocenters. The molecule has 118 valence electrons. The van der Waals surface area contributed by atoms with Gasteiger partial charge in [0.1, 0.15) is 9.84 Å². The van der Waals surface area contributed by atoms with E-state index in [0.717, 1.165) is 25.7 Å². The normalized spacial score (nSPS) is 32.4. The van der Waals surface area contributed by atoms with Gasteiger partial charge < -0.3 is 0 Å². The van der Waals surface area contributed by atoms with Crippen LogP contribution in [0.3, 0.4) is 0 Å². The molecule has 0 spiro atoms. The Morgan fingerprint density at radius 2 is 1.60 bits per heavy atom. The van der Waals surface area contributed by atoms with E-state index in [4.69, 9.17) is 0 Å². The zero-order valence-electron chi connectivity index (χ0n) is 11.7. The fourth-order valence-corrected chi connectivity index (χ4v) is 7.89. The highest BCUT2D eigenvalue weighted by Gasteiger charge is 2.39. The molecule has 2 rings (SSSR count). The molecule has 0 aromatic rings. The smallest absolute Gasteiger partial charge is 0.217 e. The van der Waals surface area contributed by atoms with Gasteiger partial charge in [0.05, 0.1) is 16.8 Å². The Hall–Kier alpha value is 0.340. The van der Waals surface area contributed by atoms with Gasteiger partial charge in [0.2, 0.25) is 10.0 Å². The van der Waals surface area contributed by atoms with Crippen molar-refractivity contribution in [3.05, 3.63) is 0 Å². The van der Waals surface area contributed by atoms with Gasteiger partial charge >= 0.3 is 0 Å². The summed E-state index contributed by atoms with van der Waals surface area (Å²) in [6.45, 7) is 0. The Kier molecular flexibility index (Phi) is 5.20. The van der Waals surface area contributed by atoms with Gasteiger partial charge in [-0.25, -0.2) is 21.1 Å². The van der Waals surface area contributed by atoms with Crippen molar-refractivity contribution < 1.29 is 16.8 Å². The predicted octanol–water partition coefficient (Wildman–Crippen LogP) is 1.53. The van der Waals surface area contributed by atoms with E-state index in [1.165, 1.54) is 4.31 Å². The Morgan fingerprint density at radius 3 is 2.15 bits per heavy atom. The lowest BCUT2D eigenvalue weighted by Crippen LogP contribution is -2.49. The Morgan fingerprint density at radius 1 is 1.05 bits per heavy atom. The summed E-state index contributed by atoms with van der Waals surface area (Å²) in [6.07, 6.45) is 4.50. The van der Waals surface area contributed by atoms with Crippen molar-refractivity contribution in [1.29, 1.82) is 0 Å². The van der Waals surface area contributed by atoms with E-state index < -0.39 is 25.1 Å². The molecule has 1 saturated carbocycles. The van der Waals surface area contributed by atoms with Crippen molar-refractivity contribution in [3.63, 3.8) is 0 Å². The van der Waals surface area contributed by atoms with Gasteiger partial charge in [-0.15, -0.1) is 0 Å². The van der Waals surface area contributed by atoms with E-state index in [1.807, 2.05) is 0 Å². The van der Waals surface area contributed by atoms with E-state index in [9.17, 15) is 16.8 Å². The highest BCUT2D eigenvalue weighted by molar-refractivity contribution is 9.09. The van der Waals surface area contributed by atoms with Gasteiger partial charge in [0, 0.05) is 17.9 Å². The molecule has 0 radical (unpaired) electrons. The van der Waals surface area contributed by atoms with Crippen LogP contribution in [0.1, 0.15) is 38.5 Å². The molecule has 0 bridgehead atoms. The third kappa shape index (κ3) is 3.56. The number of hydrogen-bond acceptors (Lipinski definition) is 4. The van der Waals surface area contributed by atoms with Gasteiger partial charge in [-0.3, -0.25) is 0 Å². The lowest BCUT2D eigenvalue weighted by Gasteiger charge is -2.37. The highest BCUT2D eigenvalue weighted by Crippen LogP contribution is 2.31. The van der Waals surface area contributed by atoms with Crippen LogP contribution in [0.15, 0.2) is 0 Å². The van der Waals surface area contributed by atoms with Crippen molar-refractivity contribution in [1.82, 2.24) is 4.31 Å². The highest BCUT2D eigenvalue weighted by atomic mass is 79.9. The number of sulfonamides is 1. The lowest BCUT2D eigenvalue weighted by atomic mass is 9.96. The van der Waals surface area contributed by atoms with Gasteiger partial charge in [-0.2, -0.15) is 0 Å². The molecular formula is C12H22BrNO4S2. The summed E-state index contributed by atoms with van der Waals surface area (Å²) in [7, 11) is -4.79. The Bertz CT molecular complexity index is 532. The van der Waals surface area contributed by atoms with Gasteiger partial charge in [-0.05, 0) is 25.7 Å². The Labute approximate surface area is 130 Å². The summed E-state index contributed by atoms with van der Waals surface area (Å²) in [5.41, 5.74) is 0. The summed E-state index contributed by atoms with van der Waals surface area (Å²) in [5.74, 6) is -0.0136. The third-order valence-electron chi connectivity index (χ3n) is 4.44. The maximum atomic E-state index is 12.7. The van der Waals surface area contributed by atoms with E-state index in [2.05, 4.69) is 15.9 Å². The zero-order chi connectivity index (χ0) is 15.0. The maximum absolute atomic E-state index is 12.7. The quantitative estimate of drug-likeness (QED) is 0.688. The predicted molar refractivity (Wildman–Crippen MR) is 83.3 cm³/mol. The number of hydrogen-bond donors (Lipinski definition) is 0. The van der Waals surface area contributed by atoms with Crippen LogP contribution in [0.25, 0.3) is 0 Å². The van der Waals surface area contributed by atoms with Crippen LogP contribution in [0.5, 0.6) is 0 Å². The van der Waals surface area contributed by atoms with E-state index in [0.29, 0.717) is 0 Å². The fourth-order valence-electron chi connectivity index (χ4n) is 3.07. The average molecular weight is 388 g/mol. The van der Waals surface area contributed by atoms with Gasteiger partial charge in [0.25, 0.3) is 0 Å². The first-order valence-electron chi connectivity index (χ1n) is 7.05. The average Bonchev–Trinajstić information content (AvgIpc) is 2.38. The molecule has 20 heavy (non-hydrogen) atoms. The first-order valence-corrected chi connectivity index (χ1v) is 11.3. The van der Waals surface area contributed by atoms with Crippen LogP contribution in [0.2, 0.25) is 0 Å². The number of sulfone groups is 1. The molecule has 8 heteroatoms. The SMILES string of the molecule is CN(C1CCCCC1Br)S(=O)(=O)C1CCS(=O)(=O)CC1. The lowest BCUT2D eigenvalue weighted by molar-refractivity contribution is 0.293. The van der Waals surface area contributed by atoms with Crippen molar-refractivity contribution in [2.75, 3.05) is 18.6 Å². The zero-order valence-corrected chi connectivity index (χ0v) is 14.9. The molecule has 0 aromatic carbocycles.